The van der Waals surface area contributed by atoms with Crippen molar-refractivity contribution in [3.05, 3.63) is 48.6 Å². The van der Waals surface area contributed by atoms with Crippen LogP contribution in [0.1, 0.15) is 29.6 Å². The molecule has 0 aromatic heterocycles. The summed E-state index contributed by atoms with van der Waals surface area (Å²) in [7, 11) is 0. The van der Waals surface area contributed by atoms with E-state index >= 15 is 0 Å². The summed E-state index contributed by atoms with van der Waals surface area (Å²) in [5.74, 6) is -0.326. The van der Waals surface area contributed by atoms with Gasteiger partial charge in [0.2, 0.25) is 5.91 Å². The Morgan fingerprint density at radius 3 is 2.78 bits per heavy atom. The number of piperidine rings is 1. The van der Waals surface area contributed by atoms with Crippen LogP contribution in [0.2, 0.25) is 0 Å². The van der Waals surface area contributed by atoms with E-state index in [0.29, 0.717) is 18.5 Å². The Kier molecular flexibility index (Phi) is 3.92. The molecule has 1 saturated heterocycles. The van der Waals surface area contributed by atoms with Crippen LogP contribution in [0, 0.1) is 5.92 Å². The van der Waals surface area contributed by atoms with Crippen molar-refractivity contribution < 1.29 is 9.59 Å². The topological polar surface area (TPSA) is 37.4 Å². The Hall–Kier alpha value is -1.90. The molecule has 0 aliphatic carbocycles. The predicted molar refractivity (Wildman–Crippen MR) is 70.0 cm³/mol. The lowest BCUT2D eigenvalue weighted by Gasteiger charge is -2.30. The number of rotatable bonds is 3. The molecule has 3 nitrogen and oxygen atoms in total. The molecule has 1 heterocycles. The van der Waals surface area contributed by atoms with Crippen molar-refractivity contribution in [3.63, 3.8) is 0 Å². The van der Waals surface area contributed by atoms with Crippen molar-refractivity contribution in [1.29, 1.82) is 0 Å². The molecule has 1 aromatic carbocycles. The summed E-state index contributed by atoms with van der Waals surface area (Å²) in [6, 6.07) is 8.96. The van der Waals surface area contributed by atoms with Gasteiger partial charge in [0.05, 0.1) is 0 Å². The van der Waals surface area contributed by atoms with Crippen LogP contribution in [0.15, 0.2) is 43.0 Å². The molecule has 1 atom stereocenters. The molecule has 1 aromatic rings. The molecule has 18 heavy (non-hydrogen) atoms. The summed E-state index contributed by atoms with van der Waals surface area (Å²) < 4.78 is 0. The summed E-state index contributed by atoms with van der Waals surface area (Å²) in [6.45, 7) is 4.19. The van der Waals surface area contributed by atoms with Gasteiger partial charge in [0.25, 0.3) is 5.91 Å². The Morgan fingerprint density at radius 2 is 2.11 bits per heavy atom. The largest absolute Gasteiger partial charge is 0.278 e. The van der Waals surface area contributed by atoms with Gasteiger partial charge in [-0.3, -0.25) is 14.5 Å². The highest BCUT2D eigenvalue weighted by Crippen LogP contribution is 2.22. The molecule has 0 unspecified atom stereocenters. The average Bonchev–Trinajstić information content (AvgIpc) is 2.42. The molecule has 2 rings (SSSR count). The summed E-state index contributed by atoms with van der Waals surface area (Å²) >= 11 is 0. The number of hydrogen-bond acceptors (Lipinski definition) is 2. The van der Waals surface area contributed by atoms with E-state index in [0.717, 1.165) is 12.8 Å². The monoisotopic (exact) mass is 243 g/mol. The SMILES string of the molecule is C=CC[C@@H]1CCCN(C(=O)c2ccccc2)C1=O. The second-order valence-electron chi connectivity index (χ2n) is 4.52. The maximum atomic E-state index is 12.2. The molecule has 0 radical (unpaired) electrons. The average molecular weight is 243 g/mol. The molecule has 3 heteroatoms. The molecule has 94 valence electrons. The van der Waals surface area contributed by atoms with E-state index in [1.165, 1.54) is 4.90 Å². The van der Waals surface area contributed by atoms with Gasteiger partial charge >= 0.3 is 0 Å². The normalized spacial score (nSPS) is 19.7. The van der Waals surface area contributed by atoms with E-state index in [2.05, 4.69) is 6.58 Å². The maximum absolute atomic E-state index is 12.2. The second kappa shape index (κ2) is 5.63. The fourth-order valence-corrected chi connectivity index (χ4v) is 2.31. The minimum atomic E-state index is -0.186. The van der Waals surface area contributed by atoms with Crippen molar-refractivity contribution in [1.82, 2.24) is 4.90 Å². The summed E-state index contributed by atoms with van der Waals surface area (Å²) in [5.41, 5.74) is 0.574. The molecule has 1 aliphatic heterocycles. The minimum absolute atomic E-state index is 0.0602. The van der Waals surface area contributed by atoms with Crippen LogP contribution >= 0.6 is 0 Å². The third-order valence-electron chi connectivity index (χ3n) is 3.27. The van der Waals surface area contributed by atoms with Crippen LogP contribution in [0.4, 0.5) is 0 Å². The zero-order valence-corrected chi connectivity index (χ0v) is 10.3. The highest BCUT2D eigenvalue weighted by atomic mass is 16.2. The Morgan fingerprint density at radius 1 is 1.39 bits per heavy atom. The van der Waals surface area contributed by atoms with Crippen LogP contribution in [-0.2, 0) is 4.79 Å². The van der Waals surface area contributed by atoms with E-state index < -0.39 is 0 Å². The first-order valence-electron chi connectivity index (χ1n) is 6.25. The van der Waals surface area contributed by atoms with Crippen molar-refractivity contribution in [2.75, 3.05) is 6.54 Å². The van der Waals surface area contributed by atoms with Gasteiger partial charge in [0, 0.05) is 18.0 Å². The summed E-state index contributed by atoms with van der Waals surface area (Å²) in [4.78, 5) is 25.8. The number of likely N-dealkylation sites (tertiary alicyclic amines) is 1. The number of amides is 2. The third kappa shape index (κ3) is 2.50. The number of hydrogen-bond donors (Lipinski definition) is 0. The quantitative estimate of drug-likeness (QED) is 0.604. The van der Waals surface area contributed by atoms with Gasteiger partial charge in [-0.15, -0.1) is 6.58 Å². The Bertz CT molecular complexity index is 453. The van der Waals surface area contributed by atoms with Crippen molar-refractivity contribution in [3.8, 4) is 0 Å². The highest BCUT2D eigenvalue weighted by molar-refractivity contribution is 6.05. The van der Waals surface area contributed by atoms with E-state index in [4.69, 9.17) is 0 Å². The first kappa shape index (κ1) is 12.6. The van der Waals surface area contributed by atoms with Gasteiger partial charge in [0.1, 0.15) is 0 Å². The Balaban J connectivity index is 2.15. The van der Waals surface area contributed by atoms with Crippen LogP contribution < -0.4 is 0 Å². The number of nitrogens with zero attached hydrogens (tertiary/aromatic N) is 1. The zero-order chi connectivity index (χ0) is 13.0. The second-order valence-corrected chi connectivity index (χ2v) is 4.52. The van der Waals surface area contributed by atoms with E-state index in [1.807, 2.05) is 18.2 Å². The number of allylic oxidation sites excluding steroid dienone is 1. The highest BCUT2D eigenvalue weighted by Gasteiger charge is 2.32. The third-order valence-corrected chi connectivity index (χ3v) is 3.27. The minimum Gasteiger partial charge on any atom is -0.278 e. The van der Waals surface area contributed by atoms with E-state index in [9.17, 15) is 9.59 Å². The van der Waals surface area contributed by atoms with Gasteiger partial charge in [-0.25, -0.2) is 0 Å². The molecular weight excluding hydrogens is 226 g/mol. The van der Waals surface area contributed by atoms with Crippen LogP contribution in [0.3, 0.4) is 0 Å². The van der Waals surface area contributed by atoms with Crippen molar-refractivity contribution in [2.45, 2.75) is 19.3 Å². The molecule has 2 amide bonds. The molecule has 0 saturated carbocycles. The van der Waals surface area contributed by atoms with E-state index in [-0.39, 0.29) is 17.7 Å². The number of carbonyl (C=O) groups is 2. The smallest absolute Gasteiger partial charge is 0.260 e. The first-order valence-corrected chi connectivity index (χ1v) is 6.25. The zero-order valence-electron chi connectivity index (χ0n) is 10.3. The van der Waals surface area contributed by atoms with Crippen molar-refractivity contribution in [2.24, 2.45) is 5.92 Å². The molecule has 0 bridgehead atoms. The maximum Gasteiger partial charge on any atom is 0.260 e. The standard InChI is InChI=1S/C15H17NO2/c1-2-7-12-10-6-11-16(14(12)17)15(18)13-8-4-3-5-9-13/h2-5,8-9,12H,1,6-7,10-11H2/t12-/m1/s1. The van der Waals surface area contributed by atoms with Crippen LogP contribution in [-0.4, -0.2) is 23.3 Å². The van der Waals surface area contributed by atoms with Crippen molar-refractivity contribution >= 4 is 11.8 Å². The van der Waals surface area contributed by atoms with Crippen LogP contribution in [0.25, 0.3) is 0 Å². The lowest BCUT2D eigenvalue weighted by Crippen LogP contribution is -2.44. The lowest BCUT2D eigenvalue weighted by molar-refractivity contribution is -0.135. The van der Waals surface area contributed by atoms with E-state index in [1.54, 1.807) is 18.2 Å². The number of imide groups is 1. The van der Waals surface area contributed by atoms with Crippen LogP contribution in [0.5, 0.6) is 0 Å². The first-order chi connectivity index (χ1) is 8.74. The predicted octanol–water partition coefficient (Wildman–Crippen LogP) is 2.64. The molecule has 0 spiro atoms. The Labute approximate surface area is 107 Å². The summed E-state index contributed by atoms with van der Waals surface area (Å²) in [6.07, 6.45) is 4.13. The van der Waals surface area contributed by atoms with Gasteiger partial charge in [0.15, 0.2) is 0 Å². The van der Waals surface area contributed by atoms with Gasteiger partial charge < -0.3 is 0 Å². The molecule has 1 fully saturated rings. The fraction of sp³-hybridized carbons (Fsp3) is 0.333. The molecule has 0 N–H and O–H groups in total. The van der Waals surface area contributed by atoms with Gasteiger partial charge in [-0.05, 0) is 31.4 Å². The fourth-order valence-electron chi connectivity index (χ4n) is 2.31. The van der Waals surface area contributed by atoms with Gasteiger partial charge in [-0.1, -0.05) is 24.3 Å². The summed E-state index contributed by atoms with van der Waals surface area (Å²) in [5, 5.41) is 0. The van der Waals surface area contributed by atoms with Gasteiger partial charge in [-0.2, -0.15) is 0 Å². The molecule has 1 aliphatic rings. The number of benzene rings is 1. The number of carbonyl (C=O) groups excluding carboxylic acids is 2. The molecular formula is C15H17NO2. The lowest BCUT2D eigenvalue weighted by atomic mass is 9.93.